The van der Waals surface area contributed by atoms with Crippen molar-refractivity contribution >= 4 is 22.6 Å². The van der Waals surface area contributed by atoms with Crippen LogP contribution in [0.1, 0.15) is 22.7 Å². The van der Waals surface area contributed by atoms with Crippen LogP contribution in [0.5, 0.6) is 5.75 Å². The fourth-order valence-electron chi connectivity index (χ4n) is 3.90. The standard InChI is InChI=1S/C27H27N3O6/c1-30(15-19-10-6-9-17-7-2-4-11-21(17)19)27(35)25(33)24(32)26(34)28-14-23-29-20(16-36-23)13-18-8-3-5-12-22(18)31/h2-12,16,24-25,31-33H,13-15H2,1H3,(H,28,34)/t24-,25-/m1/s1. The summed E-state index contributed by atoms with van der Waals surface area (Å²) in [4.78, 5) is 30.6. The van der Waals surface area contributed by atoms with E-state index in [9.17, 15) is 24.9 Å². The molecule has 1 aromatic heterocycles. The number of aliphatic hydroxyl groups excluding tert-OH is 2. The second-order valence-corrected chi connectivity index (χ2v) is 8.48. The first-order chi connectivity index (χ1) is 17.3. The number of aromatic nitrogens is 1. The number of para-hydroxylation sites is 1. The molecule has 2 amide bonds. The first kappa shape index (κ1) is 24.9. The molecule has 0 fully saturated rings. The van der Waals surface area contributed by atoms with E-state index in [1.54, 1.807) is 24.3 Å². The summed E-state index contributed by atoms with van der Waals surface area (Å²) < 4.78 is 5.33. The zero-order valence-electron chi connectivity index (χ0n) is 19.7. The van der Waals surface area contributed by atoms with Crippen LogP contribution < -0.4 is 5.32 Å². The number of rotatable bonds is 9. The van der Waals surface area contributed by atoms with E-state index in [4.69, 9.17) is 4.42 Å². The fourth-order valence-corrected chi connectivity index (χ4v) is 3.90. The van der Waals surface area contributed by atoms with Gasteiger partial charge in [-0.25, -0.2) is 4.98 Å². The van der Waals surface area contributed by atoms with Gasteiger partial charge in [-0.2, -0.15) is 0 Å². The van der Waals surface area contributed by atoms with E-state index in [-0.39, 0.29) is 24.7 Å². The zero-order valence-corrected chi connectivity index (χ0v) is 19.7. The number of aromatic hydroxyl groups is 1. The topological polar surface area (TPSA) is 136 Å². The van der Waals surface area contributed by atoms with Crippen molar-refractivity contribution in [2.75, 3.05) is 7.05 Å². The number of nitrogens with one attached hydrogen (secondary N) is 1. The van der Waals surface area contributed by atoms with Crippen LogP contribution in [-0.4, -0.2) is 56.3 Å². The third kappa shape index (κ3) is 5.70. The number of fused-ring (bicyclic) bond motifs is 1. The molecule has 4 aromatic rings. The van der Waals surface area contributed by atoms with Crippen LogP contribution in [0.4, 0.5) is 0 Å². The number of carbonyl (C=O) groups is 2. The van der Waals surface area contributed by atoms with E-state index in [2.05, 4.69) is 10.3 Å². The van der Waals surface area contributed by atoms with Gasteiger partial charge in [0.15, 0.2) is 12.2 Å². The van der Waals surface area contributed by atoms with Gasteiger partial charge >= 0.3 is 0 Å². The molecule has 0 unspecified atom stereocenters. The Bertz CT molecular complexity index is 1360. The van der Waals surface area contributed by atoms with Gasteiger partial charge in [0, 0.05) is 20.0 Å². The molecule has 2 atom stereocenters. The SMILES string of the molecule is CN(Cc1cccc2ccccc12)C(=O)[C@H](O)[C@@H](O)C(=O)NCc1nc(Cc2ccccc2O)co1. The van der Waals surface area contributed by atoms with Crippen molar-refractivity contribution in [2.45, 2.75) is 31.7 Å². The number of likely N-dealkylation sites (N-methyl/N-ethyl adjacent to an activating group) is 1. The molecule has 0 bridgehead atoms. The van der Waals surface area contributed by atoms with Gasteiger partial charge in [0.1, 0.15) is 12.0 Å². The predicted molar refractivity (Wildman–Crippen MR) is 132 cm³/mol. The van der Waals surface area contributed by atoms with Crippen LogP contribution in [0.2, 0.25) is 0 Å². The maximum Gasteiger partial charge on any atom is 0.254 e. The Morgan fingerprint density at radius 3 is 2.47 bits per heavy atom. The van der Waals surface area contributed by atoms with Crippen molar-refractivity contribution in [3.63, 3.8) is 0 Å². The maximum atomic E-state index is 12.7. The number of aliphatic hydroxyl groups is 2. The molecular weight excluding hydrogens is 462 g/mol. The smallest absolute Gasteiger partial charge is 0.254 e. The molecule has 9 nitrogen and oxygen atoms in total. The number of oxazole rings is 1. The third-order valence-electron chi connectivity index (χ3n) is 5.86. The van der Waals surface area contributed by atoms with Crippen molar-refractivity contribution in [1.29, 1.82) is 0 Å². The van der Waals surface area contributed by atoms with Gasteiger partial charge < -0.3 is 30.0 Å². The van der Waals surface area contributed by atoms with E-state index < -0.39 is 24.0 Å². The summed E-state index contributed by atoms with van der Waals surface area (Å²) in [6, 6.07) is 20.3. The Morgan fingerprint density at radius 1 is 0.972 bits per heavy atom. The number of amides is 2. The van der Waals surface area contributed by atoms with Gasteiger partial charge in [-0.05, 0) is 28.0 Å². The van der Waals surface area contributed by atoms with Gasteiger partial charge in [-0.15, -0.1) is 0 Å². The van der Waals surface area contributed by atoms with Crippen molar-refractivity contribution in [3.8, 4) is 5.75 Å². The second kappa shape index (κ2) is 11.0. The zero-order chi connectivity index (χ0) is 25.7. The third-order valence-corrected chi connectivity index (χ3v) is 5.86. The molecule has 0 aliphatic heterocycles. The molecule has 1 heterocycles. The van der Waals surface area contributed by atoms with Gasteiger partial charge in [0.25, 0.3) is 11.8 Å². The lowest BCUT2D eigenvalue weighted by atomic mass is 10.0. The highest BCUT2D eigenvalue weighted by molar-refractivity contribution is 5.91. The Hall–Kier alpha value is -4.21. The van der Waals surface area contributed by atoms with Crippen LogP contribution in [0.15, 0.2) is 77.4 Å². The van der Waals surface area contributed by atoms with Crippen LogP contribution in [0, 0.1) is 0 Å². The van der Waals surface area contributed by atoms with Crippen LogP contribution in [-0.2, 0) is 29.1 Å². The largest absolute Gasteiger partial charge is 0.508 e. The maximum absolute atomic E-state index is 12.7. The fraction of sp³-hybridized carbons (Fsp3) is 0.222. The summed E-state index contributed by atoms with van der Waals surface area (Å²) in [6.45, 7) is 0.0467. The van der Waals surface area contributed by atoms with Gasteiger partial charge in [0.05, 0.1) is 12.2 Å². The molecule has 9 heteroatoms. The van der Waals surface area contributed by atoms with Crippen molar-refractivity contribution < 1.29 is 29.3 Å². The molecule has 4 N–H and O–H groups in total. The number of phenols is 1. The number of phenolic OH excluding ortho intramolecular Hbond substituents is 1. The summed E-state index contributed by atoms with van der Waals surface area (Å²) in [6.07, 6.45) is -2.16. The van der Waals surface area contributed by atoms with E-state index >= 15 is 0 Å². The summed E-state index contributed by atoms with van der Waals surface area (Å²) >= 11 is 0. The van der Waals surface area contributed by atoms with Crippen molar-refractivity contribution in [3.05, 3.63) is 95.7 Å². The Balaban J connectivity index is 1.31. The van der Waals surface area contributed by atoms with Crippen LogP contribution in [0.25, 0.3) is 10.8 Å². The van der Waals surface area contributed by atoms with Crippen molar-refractivity contribution in [2.24, 2.45) is 0 Å². The highest BCUT2D eigenvalue weighted by atomic mass is 16.4. The monoisotopic (exact) mass is 489 g/mol. The molecular formula is C27H27N3O6. The van der Waals surface area contributed by atoms with Crippen LogP contribution >= 0.6 is 0 Å². The van der Waals surface area contributed by atoms with E-state index in [1.807, 2.05) is 42.5 Å². The molecule has 0 saturated heterocycles. The van der Waals surface area contributed by atoms with E-state index in [1.165, 1.54) is 18.2 Å². The predicted octanol–water partition coefficient (Wildman–Crippen LogP) is 2.12. The minimum atomic E-state index is -1.97. The number of hydrogen-bond donors (Lipinski definition) is 4. The molecule has 0 aliphatic rings. The van der Waals surface area contributed by atoms with Gasteiger partial charge in [-0.1, -0.05) is 60.7 Å². The molecule has 3 aromatic carbocycles. The number of carbonyl (C=O) groups excluding carboxylic acids is 2. The molecule has 0 spiro atoms. The summed E-state index contributed by atoms with van der Waals surface area (Å²) in [5.41, 5.74) is 2.09. The minimum Gasteiger partial charge on any atom is -0.508 e. The summed E-state index contributed by atoms with van der Waals surface area (Å²) in [5, 5.41) is 34.9. The molecule has 186 valence electrons. The lowest BCUT2D eigenvalue weighted by Crippen LogP contribution is -2.49. The van der Waals surface area contributed by atoms with E-state index in [0.717, 1.165) is 16.3 Å². The average Bonchev–Trinajstić information content (AvgIpc) is 3.34. The lowest BCUT2D eigenvalue weighted by molar-refractivity contribution is -0.152. The van der Waals surface area contributed by atoms with Crippen LogP contribution in [0.3, 0.4) is 0 Å². The second-order valence-electron chi connectivity index (χ2n) is 8.48. The summed E-state index contributed by atoms with van der Waals surface area (Å²) in [5.74, 6) is -1.40. The first-order valence-corrected chi connectivity index (χ1v) is 11.4. The van der Waals surface area contributed by atoms with Gasteiger partial charge in [-0.3, -0.25) is 9.59 Å². The molecule has 0 aliphatic carbocycles. The lowest BCUT2D eigenvalue weighted by Gasteiger charge is -2.23. The quantitative estimate of drug-likeness (QED) is 0.283. The average molecular weight is 490 g/mol. The molecule has 0 saturated carbocycles. The number of nitrogens with zero attached hydrogens (tertiary/aromatic N) is 2. The molecule has 36 heavy (non-hydrogen) atoms. The number of hydrogen-bond acceptors (Lipinski definition) is 7. The minimum absolute atomic E-state index is 0.141. The summed E-state index contributed by atoms with van der Waals surface area (Å²) in [7, 11) is 1.50. The van der Waals surface area contributed by atoms with Gasteiger partial charge in [0.2, 0.25) is 5.89 Å². The number of benzene rings is 3. The Morgan fingerprint density at radius 2 is 1.67 bits per heavy atom. The van der Waals surface area contributed by atoms with Crippen molar-refractivity contribution in [1.82, 2.24) is 15.2 Å². The molecule has 0 radical (unpaired) electrons. The highest BCUT2D eigenvalue weighted by Crippen LogP contribution is 2.21. The Kier molecular flexibility index (Phi) is 7.62. The Labute approximate surface area is 207 Å². The first-order valence-electron chi connectivity index (χ1n) is 11.4. The molecule has 4 rings (SSSR count). The normalized spacial score (nSPS) is 12.8. The highest BCUT2D eigenvalue weighted by Gasteiger charge is 2.32. The van der Waals surface area contributed by atoms with E-state index in [0.29, 0.717) is 17.7 Å².